The van der Waals surface area contributed by atoms with Crippen LogP contribution in [0.15, 0.2) is 6.07 Å². The van der Waals surface area contributed by atoms with Crippen molar-refractivity contribution in [2.24, 2.45) is 0 Å². The van der Waals surface area contributed by atoms with E-state index in [9.17, 15) is 9.59 Å². The second-order valence-corrected chi connectivity index (χ2v) is 4.30. The maximum absolute atomic E-state index is 11.8. The number of nitrogens with zero attached hydrogens (tertiary/aromatic N) is 1. The monoisotopic (exact) mass is 265 g/mol. The molecule has 0 fully saturated rings. The van der Waals surface area contributed by atoms with E-state index >= 15 is 0 Å². The molecule has 0 aromatic heterocycles. The fraction of sp³-hybridized carbons (Fsp3) is 0.429. The van der Waals surface area contributed by atoms with Crippen LogP contribution in [0.1, 0.15) is 18.1 Å². The van der Waals surface area contributed by atoms with E-state index < -0.39 is 11.7 Å². The molecular weight excluding hydrogens is 246 g/mol. The van der Waals surface area contributed by atoms with Crippen molar-refractivity contribution in [2.45, 2.75) is 20.8 Å². The van der Waals surface area contributed by atoms with Gasteiger partial charge in [-0.1, -0.05) is 0 Å². The molecule has 0 radical (unpaired) electrons. The Morgan fingerprint density at radius 1 is 1.11 bits per heavy atom. The number of hydrogen-bond donors (Lipinski definition) is 0. The minimum Gasteiger partial charge on any atom is -0.496 e. The number of ketones is 1. The van der Waals surface area contributed by atoms with Crippen LogP contribution in [-0.2, 0) is 9.59 Å². The van der Waals surface area contributed by atoms with E-state index in [0.29, 0.717) is 17.2 Å². The van der Waals surface area contributed by atoms with Crippen molar-refractivity contribution in [3.63, 3.8) is 0 Å². The van der Waals surface area contributed by atoms with Gasteiger partial charge in [0.05, 0.1) is 19.9 Å². The van der Waals surface area contributed by atoms with E-state index in [1.807, 2.05) is 13.8 Å². The molecule has 5 nitrogen and oxygen atoms in total. The van der Waals surface area contributed by atoms with E-state index in [4.69, 9.17) is 9.47 Å². The number of hydrogen-bond acceptors (Lipinski definition) is 4. The van der Waals surface area contributed by atoms with Crippen LogP contribution in [0.2, 0.25) is 0 Å². The number of Topliss-reactive ketones (excluding diaryl/α,β-unsaturated/α-hetero) is 1. The van der Waals surface area contributed by atoms with Crippen molar-refractivity contribution in [3.8, 4) is 11.5 Å². The number of carbonyl (C=O) groups is 2. The Kier molecular flexibility index (Phi) is 4.53. The minimum atomic E-state index is -0.594. The molecule has 1 rings (SSSR count). The molecule has 19 heavy (non-hydrogen) atoms. The zero-order valence-corrected chi connectivity index (χ0v) is 12.2. The number of likely N-dealkylation sites (N-methyl/N-ethyl adjacent to an activating group) is 1. The maximum Gasteiger partial charge on any atom is 0.293 e. The van der Waals surface area contributed by atoms with Crippen molar-refractivity contribution in [1.29, 1.82) is 0 Å². The number of carbonyl (C=O) groups excluding carboxylic acids is 2. The third-order valence-corrected chi connectivity index (χ3v) is 3.16. The summed E-state index contributed by atoms with van der Waals surface area (Å²) in [6.07, 6.45) is 0. The zero-order valence-electron chi connectivity index (χ0n) is 12.2. The summed E-state index contributed by atoms with van der Waals surface area (Å²) in [5.41, 5.74) is 2.33. The largest absolute Gasteiger partial charge is 0.496 e. The highest BCUT2D eigenvalue weighted by Gasteiger charge is 2.22. The van der Waals surface area contributed by atoms with E-state index in [2.05, 4.69) is 0 Å². The Morgan fingerprint density at radius 2 is 1.68 bits per heavy atom. The summed E-state index contributed by atoms with van der Waals surface area (Å²) in [4.78, 5) is 24.3. The molecule has 0 N–H and O–H groups in total. The van der Waals surface area contributed by atoms with Gasteiger partial charge in [-0.05, 0) is 25.0 Å². The summed E-state index contributed by atoms with van der Waals surface area (Å²) in [6.45, 7) is 5.03. The number of methoxy groups -OCH3 is 2. The number of anilines is 1. The average Bonchev–Trinajstić information content (AvgIpc) is 2.39. The van der Waals surface area contributed by atoms with Crippen molar-refractivity contribution < 1.29 is 19.1 Å². The highest BCUT2D eigenvalue weighted by molar-refractivity contribution is 6.40. The fourth-order valence-electron chi connectivity index (χ4n) is 1.91. The number of ether oxygens (including phenoxy) is 2. The molecule has 0 atom stereocenters. The van der Waals surface area contributed by atoms with Gasteiger partial charge in [0.2, 0.25) is 5.78 Å². The number of amides is 1. The molecule has 1 amide bonds. The summed E-state index contributed by atoms with van der Waals surface area (Å²) in [5.74, 6) is 0.0947. The molecule has 0 bridgehead atoms. The lowest BCUT2D eigenvalue weighted by atomic mass is 10.1. The first-order valence-corrected chi connectivity index (χ1v) is 5.85. The van der Waals surface area contributed by atoms with Gasteiger partial charge in [-0.15, -0.1) is 0 Å². The van der Waals surface area contributed by atoms with Gasteiger partial charge in [-0.3, -0.25) is 9.59 Å². The van der Waals surface area contributed by atoms with E-state index in [-0.39, 0.29) is 0 Å². The van der Waals surface area contributed by atoms with Gasteiger partial charge < -0.3 is 14.4 Å². The topological polar surface area (TPSA) is 55.8 Å². The Balaban J connectivity index is 3.45. The van der Waals surface area contributed by atoms with Crippen LogP contribution in [0.25, 0.3) is 0 Å². The third kappa shape index (κ3) is 2.70. The summed E-state index contributed by atoms with van der Waals surface area (Å²) in [5, 5.41) is 0. The molecule has 0 unspecified atom stereocenters. The van der Waals surface area contributed by atoms with E-state index in [1.165, 1.54) is 26.0 Å². The Bertz CT molecular complexity index is 523. The molecule has 1 aromatic carbocycles. The van der Waals surface area contributed by atoms with E-state index in [1.54, 1.807) is 13.2 Å². The molecule has 0 aliphatic heterocycles. The Morgan fingerprint density at radius 3 is 2.11 bits per heavy atom. The van der Waals surface area contributed by atoms with Crippen molar-refractivity contribution in [3.05, 3.63) is 17.2 Å². The molecule has 0 spiro atoms. The van der Waals surface area contributed by atoms with Crippen LogP contribution >= 0.6 is 0 Å². The third-order valence-electron chi connectivity index (χ3n) is 3.16. The lowest BCUT2D eigenvalue weighted by molar-refractivity contribution is -0.134. The Hall–Kier alpha value is -2.04. The normalized spacial score (nSPS) is 10.0. The predicted octanol–water partition coefficient (Wildman–Crippen LogP) is 1.87. The smallest absolute Gasteiger partial charge is 0.293 e. The molecule has 0 aliphatic carbocycles. The quantitative estimate of drug-likeness (QED) is 0.780. The minimum absolute atomic E-state index is 0.516. The molecule has 0 heterocycles. The molecule has 104 valence electrons. The molecular formula is C14H19NO4. The lowest BCUT2D eigenvalue weighted by Crippen LogP contribution is -2.32. The van der Waals surface area contributed by atoms with Crippen LogP contribution in [0, 0.1) is 13.8 Å². The van der Waals surface area contributed by atoms with Crippen LogP contribution in [0.3, 0.4) is 0 Å². The van der Waals surface area contributed by atoms with Crippen LogP contribution < -0.4 is 14.4 Å². The zero-order chi connectivity index (χ0) is 14.7. The van der Waals surface area contributed by atoms with Crippen LogP contribution in [0.4, 0.5) is 5.69 Å². The SMILES string of the molecule is COc1cc(N(C)C(=O)C(C)=O)c(OC)c(C)c1C. The van der Waals surface area contributed by atoms with Gasteiger partial charge in [0.1, 0.15) is 11.5 Å². The van der Waals surface area contributed by atoms with Crippen molar-refractivity contribution in [2.75, 3.05) is 26.2 Å². The summed E-state index contributed by atoms with van der Waals surface area (Å²) < 4.78 is 10.6. The van der Waals surface area contributed by atoms with Crippen molar-refractivity contribution >= 4 is 17.4 Å². The standard InChI is InChI=1S/C14H19NO4/c1-8-9(2)13(19-6)11(7-12(8)18-5)15(4)14(17)10(3)16/h7H,1-6H3. The maximum atomic E-state index is 11.8. The summed E-state index contributed by atoms with van der Waals surface area (Å²) in [7, 11) is 4.63. The average molecular weight is 265 g/mol. The second-order valence-electron chi connectivity index (χ2n) is 4.30. The van der Waals surface area contributed by atoms with Crippen molar-refractivity contribution in [1.82, 2.24) is 0 Å². The predicted molar refractivity (Wildman–Crippen MR) is 73.1 cm³/mol. The van der Waals surface area contributed by atoms with Gasteiger partial charge in [-0.25, -0.2) is 0 Å². The summed E-state index contributed by atoms with van der Waals surface area (Å²) >= 11 is 0. The molecule has 0 aliphatic rings. The molecule has 1 aromatic rings. The van der Waals surface area contributed by atoms with E-state index in [0.717, 1.165) is 11.1 Å². The molecule has 0 saturated heterocycles. The first-order chi connectivity index (χ1) is 8.84. The summed E-state index contributed by atoms with van der Waals surface area (Å²) in [6, 6.07) is 1.70. The Labute approximate surface area is 113 Å². The molecule has 5 heteroatoms. The fourth-order valence-corrected chi connectivity index (χ4v) is 1.91. The highest BCUT2D eigenvalue weighted by atomic mass is 16.5. The van der Waals surface area contributed by atoms with Crippen LogP contribution in [-0.4, -0.2) is 33.0 Å². The first-order valence-electron chi connectivity index (χ1n) is 5.85. The second kappa shape index (κ2) is 5.73. The first kappa shape index (κ1) is 15.0. The lowest BCUT2D eigenvalue weighted by Gasteiger charge is -2.22. The van der Waals surface area contributed by atoms with Gasteiger partial charge in [-0.2, -0.15) is 0 Å². The molecule has 0 saturated carbocycles. The van der Waals surface area contributed by atoms with Gasteiger partial charge in [0.15, 0.2) is 0 Å². The van der Waals surface area contributed by atoms with Crippen LogP contribution in [0.5, 0.6) is 11.5 Å². The number of benzene rings is 1. The highest BCUT2D eigenvalue weighted by Crippen LogP contribution is 2.38. The van der Waals surface area contributed by atoms with Gasteiger partial charge in [0.25, 0.3) is 5.91 Å². The number of rotatable bonds is 4. The van der Waals surface area contributed by atoms with Gasteiger partial charge >= 0.3 is 0 Å². The van der Waals surface area contributed by atoms with Gasteiger partial charge in [0, 0.05) is 20.0 Å².